The largest absolute Gasteiger partial charge is 0.385 e. The van der Waals surface area contributed by atoms with Crippen LogP contribution in [0.1, 0.15) is 11.1 Å². The predicted octanol–water partition coefficient (Wildman–Crippen LogP) is 3.53. The Labute approximate surface area is 208 Å². The Morgan fingerprint density at radius 3 is 1.57 bits per heavy atom. The van der Waals surface area contributed by atoms with Crippen molar-refractivity contribution in [1.29, 1.82) is 0 Å². The van der Waals surface area contributed by atoms with Gasteiger partial charge in [-0.1, -0.05) is 97.1 Å². The first-order valence-corrected chi connectivity index (χ1v) is 13.2. The fraction of sp³-hybridized carbons (Fsp3) is 0.172. The molecule has 0 radical (unpaired) electrons. The van der Waals surface area contributed by atoms with Gasteiger partial charge in [0, 0.05) is 11.1 Å². The van der Waals surface area contributed by atoms with Crippen LogP contribution in [-0.4, -0.2) is 32.7 Å². The van der Waals surface area contributed by atoms with Gasteiger partial charge in [-0.15, -0.1) is 0 Å². The summed E-state index contributed by atoms with van der Waals surface area (Å²) in [7, 11) is -3.84. The zero-order chi connectivity index (χ0) is 24.5. The fourth-order valence-corrected chi connectivity index (χ4v) is 5.74. The molecule has 0 saturated heterocycles. The van der Waals surface area contributed by atoms with Crippen LogP contribution in [0.25, 0.3) is 0 Å². The summed E-state index contributed by atoms with van der Waals surface area (Å²) in [5.74, 6) is 0. The molecule has 35 heavy (non-hydrogen) atoms. The highest BCUT2D eigenvalue weighted by Crippen LogP contribution is 2.23. The number of aliphatic hydroxyl groups is 1. The summed E-state index contributed by atoms with van der Waals surface area (Å²) in [6.45, 7) is 1.82. The molecule has 0 spiro atoms. The van der Waals surface area contributed by atoms with E-state index in [-0.39, 0.29) is 11.4 Å². The lowest BCUT2D eigenvalue weighted by molar-refractivity contribution is -0.930. The SMILES string of the molecule is O=S(=O)(c1ccccc1)N(C[C@@H](O)C[NH+](Cc1ccccc1)Cc1ccccc1)c1ccccc1. The molecule has 0 fully saturated rings. The number of quaternary nitrogens is 1. The van der Waals surface area contributed by atoms with Gasteiger partial charge in [-0.05, 0) is 24.3 Å². The van der Waals surface area contributed by atoms with Gasteiger partial charge in [-0.25, -0.2) is 8.42 Å². The van der Waals surface area contributed by atoms with E-state index in [0.29, 0.717) is 12.2 Å². The molecule has 4 aromatic rings. The number of para-hydroxylation sites is 1. The van der Waals surface area contributed by atoms with Gasteiger partial charge in [0.25, 0.3) is 10.0 Å². The second-order valence-electron chi connectivity index (χ2n) is 8.62. The summed E-state index contributed by atoms with van der Waals surface area (Å²) in [6, 6.07) is 37.7. The molecule has 6 heteroatoms. The topological polar surface area (TPSA) is 62.0 Å². The molecular formula is C29H31N2O3S+. The lowest BCUT2D eigenvalue weighted by Crippen LogP contribution is -3.10. The number of hydrogen-bond donors (Lipinski definition) is 2. The number of anilines is 1. The smallest absolute Gasteiger partial charge is 0.264 e. The van der Waals surface area contributed by atoms with Crippen molar-refractivity contribution in [3.05, 3.63) is 132 Å². The Bertz CT molecular complexity index is 1230. The number of nitrogens with one attached hydrogen (secondary N) is 1. The average Bonchev–Trinajstić information content (AvgIpc) is 2.89. The number of aliphatic hydroxyl groups excluding tert-OH is 1. The molecule has 4 aromatic carbocycles. The zero-order valence-electron chi connectivity index (χ0n) is 19.6. The third-order valence-corrected chi connectivity index (χ3v) is 7.68. The summed E-state index contributed by atoms with van der Waals surface area (Å²) in [5, 5.41) is 11.2. The second-order valence-corrected chi connectivity index (χ2v) is 10.5. The minimum Gasteiger partial charge on any atom is -0.385 e. The van der Waals surface area contributed by atoms with Crippen LogP contribution in [0.2, 0.25) is 0 Å². The Hall–Kier alpha value is -3.45. The van der Waals surface area contributed by atoms with Gasteiger partial charge in [0.2, 0.25) is 0 Å². The Balaban J connectivity index is 1.57. The van der Waals surface area contributed by atoms with Crippen LogP contribution < -0.4 is 9.21 Å². The molecule has 0 aliphatic rings. The van der Waals surface area contributed by atoms with Crippen molar-refractivity contribution in [2.45, 2.75) is 24.1 Å². The van der Waals surface area contributed by atoms with Gasteiger partial charge in [-0.3, -0.25) is 4.31 Å². The van der Waals surface area contributed by atoms with E-state index in [0.717, 1.165) is 18.0 Å². The quantitative estimate of drug-likeness (QED) is 0.340. The molecule has 0 unspecified atom stereocenters. The molecule has 180 valence electrons. The molecular weight excluding hydrogens is 456 g/mol. The van der Waals surface area contributed by atoms with Crippen molar-refractivity contribution in [2.75, 3.05) is 17.4 Å². The second kappa shape index (κ2) is 11.8. The Morgan fingerprint density at radius 2 is 1.09 bits per heavy atom. The number of hydrogen-bond acceptors (Lipinski definition) is 3. The maximum atomic E-state index is 13.5. The van der Waals surface area contributed by atoms with Crippen molar-refractivity contribution in [3.8, 4) is 0 Å². The predicted molar refractivity (Wildman–Crippen MR) is 140 cm³/mol. The molecule has 5 nitrogen and oxygen atoms in total. The normalized spacial score (nSPS) is 12.4. The summed E-state index contributed by atoms with van der Waals surface area (Å²) in [4.78, 5) is 1.36. The number of nitrogens with zero attached hydrogens (tertiary/aromatic N) is 1. The number of sulfonamides is 1. The van der Waals surface area contributed by atoms with E-state index in [1.165, 1.54) is 15.4 Å². The third kappa shape index (κ3) is 6.79. The molecule has 0 bridgehead atoms. The molecule has 0 aliphatic carbocycles. The molecule has 4 rings (SSSR count). The van der Waals surface area contributed by atoms with Crippen molar-refractivity contribution in [3.63, 3.8) is 0 Å². The third-order valence-electron chi connectivity index (χ3n) is 5.87. The summed E-state index contributed by atoms with van der Waals surface area (Å²) >= 11 is 0. The minimum atomic E-state index is -3.84. The summed E-state index contributed by atoms with van der Waals surface area (Å²) in [6.07, 6.45) is -0.865. The maximum absolute atomic E-state index is 13.5. The molecule has 0 aliphatic heterocycles. The van der Waals surface area contributed by atoms with Gasteiger partial charge in [-0.2, -0.15) is 0 Å². The van der Waals surface area contributed by atoms with Crippen LogP contribution in [0.3, 0.4) is 0 Å². The first-order valence-electron chi connectivity index (χ1n) is 11.7. The molecule has 0 aromatic heterocycles. The van der Waals surface area contributed by atoms with Gasteiger partial charge in [0.05, 0.1) is 17.1 Å². The van der Waals surface area contributed by atoms with E-state index in [1.54, 1.807) is 54.6 Å². The van der Waals surface area contributed by atoms with E-state index in [1.807, 2.05) is 42.5 Å². The van der Waals surface area contributed by atoms with E-state index in [2.05, 4.69) is 24.3 Å². The van der Waals surface area contributed by atoms with Gasteiger partial charge in [0.1, 0.15) is 25.7 Å². The van der Waals surface area contributed by atoms with Gasteiger partial charge < -0.3 is 10.0 Å². The lowest BCUT2D eigenvalue weighted by Gasteiger charge is -2.29. The highest BCUT2D eigenvalue weighted by atomic mass is 32.2. The highest BCUT2D eigenvalue weighted by molar-refractivity contribution is 7.92. The maximum Gasteiger partial charge on any atom is 0.264 e. The first kappa shape index (κ1) is 24.7. The molecule has 0 heterocycles. The lowest BCUT2D eigenvalue weighted by atomic mass is 10.1. The summed E-state index contributed by atoms with van der Waals surface area (Å²) < 4.78 is 28.4. The van der Waals surface area contributed by atoms with Crippen molar-refractivity contribution >= 4 is 15.7 Å². The number of benzene rings is 4. The number of rotatable bonds is 11. The van der Waals surface area contributed by atoms with Crippen LogP contribution in [-0.2, 0) is 23.1 Å². The minimum absolute atomic E-state index is 0.0334. The highest BCUT2D eigenvalue weighted by Gasteiger charge is 2.28. The molecule has 1 atom stereocenters. The van der Waals surface area contributed by atoms with Crippen molar-refractivity contribution in [1.82, 2.24) is 0 Å². The van der Waals surface area contributed by atoms with Crippen LogP contribution in [0.4, 0.5) is 5.69 Å². The van der Waals surface area contributed by atoms with E-state index in [9.17, 15) is 13.5 Å². The molecule has 0 amide bonds. The van der Waals surface area contributed by atoms with Crippen molar-refractivity contribution < 1.29 is 18.4 Å². The average molecular weight is 488 g/mol. The van der Waals surface area contributed by atoms with Crippen LogP contribution in [0.15, 0.2) is 126 Å². The standard InChI is InChI=1S/C29H30N2O3S/c32-28(23-30(21-25-13-5-1-6-14-25)22-26-15-7-2-8-16-26)24-31(27-17-9-3-10-18-27)35(33,34)29-19-11-4-12-20-29/h1-20,28,32H,21-24H2/p+1/t28-/m0/s1. The van der Waals surface area contributed by atoms with E-state index in [4.69, 9.17) is 0 Å². The monoisotopic (exact) mass is 487 g/mol. The van der Waals surface area contributed by atoms with E-state index < -0.39 is 16.1 Å². The zero-order valence-corrected chi connectivity index (χ0v) is 20.4. The Morgan fingerprint density at radius 1 is 0.657 bits per heavy atom. The van der Waals surface area contributed by atoms with Crippen LogP contribution >= 0.6 is 0 Å². The molecule has 0 saturated carbocycles. The van der Waals surface area contributed by atoms with Crippen LogP contribution in [0, 0.1) is 0 Å². The fourth-order valence-electron chi connectivity index (χ4n) is 4.22. The van der Waals surface area contributed by atoms with Gasteiger partial charge >= 0.3 is 0 Å². The van der Waals surface area contributed by atoms with Crippen molar-refractivity contribution in [2.24, 2.45) is 0 Å². The van der Waals surface area contributed by atoms with Crippen LogP contribution in [0.5, 0.6) is 0 Å². The first-order chi connectivity index (χ1) is 17.0. The van der Waals surface area contributed by atoms with Gasteiger partial charge in [0.15, 0.2) is 0 Å². The Kier molecular flexibility index (Phi) is 8.32. The molecule has 2 N–H and O–H groups in total. The summed E-state index contributed by atoms with van der Waals surface area (Å²) in [5.41, 5.74) is 2.87. The van der Waals surface area contributed by atoms with E-state index >= 15 is 0 Å².